The van der Waals surface area contributed by atoms with Crippen LogP contribution in [0.5, 0.6) is 0 Å². The van der Waals surface area contributed by atoms with Crippen LogP contribution in [0.4, 0.5) is 0 Å². The highest BCUT2D eigenvalue weighted by molar-refractivity contribution is 6.68. The average Bonchev–Trinajstić information content (AvgIpc) is 3.47. The fraction of sp³-hybridized carbons (Fsp3) is 0. The molecule has 2 aromatic heterocycles. The summed E-state index contributed by atoms with van der Waals surface area (Å²) in [5.74, 6) is 1.85. The van der Waals surface area contributed by atoms with Crippen LogP contribution in [-0.2, 0) is 0 Å². The molecular formula is C39H30B5ClN4. The second-order valence-corrected chi connectivity index (χ2v) is 13.2. The van der Waals surface area contributed by atoms with Gasteiger partial charge in [-0.2, -0.15) is 0 Å². The SMILES string of the molecule is Bc1c(B)c(B)c(-c2nc(-c3ccccc3)nc(-c3cc(Cl)ccc3-n3c4ccccc4c4ccc(-c5ccccc5)cc43)n2)c(B)c1B. The van der Waals surface area contributed by atoms with Crippen LogP contribution >= 0.6 is 11.6 Å². The third-order valence-corrected chi connectivity index (χ3v) is 10.3. The molecule has 8 aromatic rings. The first-order valence-electron chi connectivity index (χ1n) is 16.6. The molecule has 0 bridgehead atoms. The summed E-state index contributed by atoms with van der Waals surface area (Å²) < 4.78 is 2.32. The molecule has 6 aromatic carbocycles. The average molecular weight is 644 g/mol. The van der Waals surface area contributed by atoms with Crippen molar-refractivity contribution in [2.75, 3.05) is 0 Å². The molecule has 0 atom stereocenters. The molecule has 0 aliphatic rings. The highest BCUT2D eigenvalue weighted by atomic mass is 35.5. The maximum Gasteiger partial charge on any atom is 0.166 e. The number of halogens is 1. The monoisotopic (exact) mass is 644 g/mol. The Kier molecular flexibility index (Phi) is 7.81. The third kappa shape index (κ3) is 5.30. The Bertz CT molecular complexity index is 2540. The van der Waals surface area contributed by atoms with Gasteiger partial charge in [-0.25, -0.2) is 15.0 Å². The Hall–Kier alpha value is -5.26. The quantitative estimate of drug-likeness (QED) is 0.268. The Balaban J connectivity index is 1.44. The summed E-state index contributed by atoms with van der Waals surface area (Å²) in [6, 6.07) is 41.9. The minimum Gasteiger partial charge on any atom is -0.308 e. The molecule has 0 spiro atoms. The number of fused-ring (bicyclic) bond motifs is 3. The van der Waals surface area contributed by atoms with Crippen molar-refractivity contribution in [2.24, 2.45) is 0 Å². The van der Waals surface area contributed by atoms with Crippen LogP contribution in [0, 0.1) is 0 Å². The number of hydrogen-bond acceptors (Lipinski definition) is 3. The number of benzene rings is 6. The van der Waals surface area contributed by atoms with Crippen LogP contribution < -0.4 is 27.3 Å². The van der Waals surface area contributed by atoms with Gasteiger partial charge in [-0.05, 0) is 41.5 Å². The van der Waals surface area contributed by atoms with E-state index in [1.807, 2.05) is 48.5 Å². The molecule has 0 unspecified atom stereocenters. The number of aromatic nitrogens is 4. The molecule has 4 nitrogen and oxygen atoms in total. The maximum absolute atomic E-state index is 6.81. The van der Waals surface area contributed by atoms with E-state index in [0.717, 1.165) is 39.0 Å². The zero-order valence-electron chi connectivity index (χ0n) is 28.2. The Morgan fingerprint density at radius 3 is 1.73 bits per heavy atom. The lowest BCUT2D eigenvalue weighted by atomic mass is 9.60. The second-order valence-electron chi connectivity index (χ2n) is 12.8. The second kappa shape index (κ2) is 12.3. The van der Waals surface area contributed by atoms with Crippen molar-refractivity contribution in [1.82, 2.24) is 19.5 Å². The van der Waals surface area contributed by atoms with Crippen molar-refractivity contribution < 1.29 is 0 Å². The largest absolute Gasteiger partial charge is 0.308 e. The summed E-state index contributed by atoms with van der Waals surface area (Å²) in [5, 5.41) is 2.97. The van der Waals surface area contributed by atoms with Crippen LogP contribution in [0.2, 0.25) is 5.02 Å². The molecule has 0 saturated carbocycles. The summed E-state index contributed by atoms with van der Waals surface area (Å²) >= 11 is 6.81. The van der Waals surface area contributed by atoms with E-state index in [1.165, 1.54) is 43.6 Å². The van der Waals surface area contributed by atoms with E-state index in [-0.39, 0.29) is 0 Å². The van der Waals surface area contributed by atoms with Crippen LogP contribution in [0.1, 0.15) is 0 Å². The summed E-state index contributed by atoms with van der Waals surface area (Å²) in [5.41, 5.74) is 14.4. The van der Waals surface area contributed by atoms with Crippen molar-refractivity contribution in [3.63, 3.8) is 0 Å². The molecule has 0 aliphatic carbocycles. The number of para-hydroxylation sites is 1. The van der Waals surface area contributed by atoms with Crippen LogP contribution in [0.25, 0.3) is 72.8 Å². The van der Waals surface area contributed by atoms with Gasteiger partial charge in [-0.15, -0.1) is 16.4 Å². The molecule has 0 radical (unpaired) electrons. The molecule has 0 N–H and O–H groups in total. The molecule has 8 rings (SSSR count). The van der Waals surface area contributed by atoms with Gasteiger partial charge in [0, 0.05) is 32.5 Å². The molecular weight excluding hydrogens is 614 g/mol. The predicted molar refractivity (Wildman–Crippen MR) is 222 cm³/mol. The lowest BCUT2D eigenvalue weighted by Crippen LogP contribution is -2.55. The zero-order chi connectivity index (χ0) is 33.8. The first-order chi connectivity index (χ1) is 23.8. The van der Waals surface area contributed by atoms with Gasteiger partial charge in [0.1, 0.15) is 39.2 Å². The molecule has 2 heterocycles. The summed E-state index contributed by atoms with van der Waals surface area (Å²) in [7, 11) is 10.9. The van der Waals surface area contributed by atoms with Gasteiger partial charge in [-0.1, -0.05) is 114 Å². The fourth-order valence-electron chi connectivity index (χ4n) is 7.08. The lowest BCUT2D eigenvalue weighted by molar-refractivity contribution is 1.07. The minimum absolute atomic E-state index is 0.571. The third-order valence-electron chi connectivity index (χ3n) is 10.1. The maximum atomic E-state index is 6.81. The first-order valence-corrected chi connectivity index (χ1v) is 17.0. The summed E-state index contributed by atoms with van der Waals surface area (Å²) in [6.45, 7) is 0. The van der Waals surface area contributed by atoms with Crippen molar-refractivity contribution >= 4 is 100.0 Å². The van der Waals surface area contributed by atoms with Gasteiger partial charge >= 0.3 is 0 Å². The standard InChI is InChI=1S/C39H30B5ClN4/c40-32-31(33(41)35(43)36(44)34(32)42)39-47-37(22-11-5-2-6-12-22)46-38(48-39)27-20-24(45)16-18-29(27)49-28-14-8-7-13-25(28)26-17-15-23(19-30(26)49)21-9-3-1-4-10-21/h1-20H,40-44H2. The van der Waals surface area contributed by atoms with E-state index in [9.17, 15) is 0 Å². The Labute approximate surface area is 295 Å². The van der Waals surface area contributed by atoms with Gasteiger partial charge in [0.2, 0.25) is 0 Å². The van der Waals surface area contributed by atoms with Gasteiger partial charge < -0.3 is 4.57 Å². The van der Waals surface area contributed by atoms with Crippen molar-refractivity contribution in [3.8, 4) is 51.0 Å². The van der Waals surface area contributed by atoms with Crippen molar-refractivity contribution in [3.05, 3.63) is 126 Å². The Morgan fingerprint density at radius 2 is 1.02 bits per heavy atom. The fourth-order valence-corrected chi connectivity index (χ4v) is 7.25. The molecule has 0 saturated heterocycles. The highest BCUT2D eigenvalue weighted by Gasteiger charge is 2.22. The molecule has 10 heteroatoms. The van der Waals surface area contributed by atoms with E-state index < -0.39 is 0 Å². The van der Waals surface area contributed by atoms with Gasteiger partial charge in [0.15, 0.2) is 17.5 Å². The molecule has 0 fully saturated rings. The van der Waals surface area contributed by atoms with Crippen LogP contribution in [0.3, 0.4) is 0 Å². The van der Waals surface area contributed by atoms with Crippen molar-refractivity contribution in [1.29, 1.82) is 0 Å². The van der Waals surface area contributed by atoms with E-state index >= 15 is 0 Å². The summed E-state index contributed by atoms with van der Waals surface area (Å²) in [4.78, 5) is 15.6. The topological polar surface area (TPSA) is 43.6 Å². The zero-order valence-corrected chi connectivity index (χ0v) is 29.0. The lowest BCUT2D eigenvalue weighted by Gasteiger charge is -2.20. The Morgan fingerprint density at radius 1 is 0.449 bits per heavy atom. The number of rotatable bonds is 5. The molecule has 0 amide bonds. The smallest absolute Gasteiger partial charge is 0.166 e. The van der Waals surface area contributed by atoms with E-state index in [0.29, 0.717) is 22.5 Å². The molecule has 49 heavy (non-hydrogen) atoms. The highest BCUT2D eigenvalue weighted by Crippen LogP contribution is 2.38. The normalized spacial score (nSPS) is 11.4. The first kappa shape index (κ1) is 31.0. The van der Waals surface area contributed by atoms with Crippen molar-refractivity contribution in [2.45, 2.75) is 0 Å². The van der Waals surface area contributed by atoms with Gasteiger partial charge in [0.05, 0.1) is 16.7 Å². The van der Waals surface area contributed by atoms with E-state index in [2.05, 4.69) is 117 Å². The molecule has 0 aliphatic heterocycles. The number of nitrogens with zero attached hydrogens (tertiary/aromatic N) is 4. The van der Waals surface area contributed by atoms with Crippen LogP contribution in [-0.4, -0.2) is 58.8 Å². The van der Waals surface area contributed by atoms with E-state index in [1.54, 1.807) is 0 Å². The summed E-state index contributed by atoms with van der Waals surface area (Å²) in [6.07, 6.45) is 0. The predicted octanol–water partition coefficient (Wildman–Crippen LogP) is 1.58. The van der Waals surface area contributed by atoms with Crippen LogP contribution in [0.15, 0.2) is 121 Å². The van der Waals surface area contributed by atoms with Gasteiger partial charge in [0.25, 0.3) is 0 Å². The molecule has 228 valence electrons. The van der Waals surface area contributed by atoms with E-state index in [4.69, 9.17) is 26.6 Å². The minimum atomic E-state index is 0.571. The van der Waals surface area contributed by atoms with Gasteiger partial charge in [-0.3, -0.25) is 0 Å². The number of hydrogen-bond donors (Lipinski definition) is 0.